The molecule has 0 spiro atoms. The SMILES string of the molecule is O=C1Cc2cc(OC[C@H](O)CN3CCN(c4ccc(Cl)cc4)CC3)ccc2N1. The van der Waals surface area contributed by atoms with Gasteiger partial charge in [0.1, 0.15) is 18.5 Å². The molecule has 0 radical (unpaired) electrons. The van der Waals surface area contributed by atoms with Crippen molar-refractivity contribution in [2.24, 2.45) is 0 Å². The summed E-state index contributed by atoms with van der Waals surface area (Å²) in [5.41, 5.74) is 2.96. The molecule has 0 saturated carbocycles. The highest BCUT2D eigenvalue weighted by molar-refractivity contribution is 6.30. The number of carbonyl (C=O) groups is 1. The molecule has 4 rings (SSSR count). The van der Waals surface area contributed by atoms with E-state index in [0.29, 0.717) is 18.7 Å². The maximum absolute atomic E-state index is 11.4. The lowest BCUT2D eigenvalue weighted by Crippen LogP contribution is -2.49. The monoisotopic (exact) mass is 401 g/mol. The van der Waals surface area contributed by atoms with E-state index in [0.717, 1.165) is 42.5 Å². The van der Waals surface area contributed by atoms with E-state index in [2.05, 4.69) is 15.1 Å². The molecule has 1 amide bonds. The van der Waals surface area contributed by atoms with Crippen LogP contribution >= 0.6 is 11.6 Å². The number of halogens is 1. The van der Waals surface area contributed by atoms with E-state index < -0.39 is 6.10 Å². The number of carbonyl (C=O) groups excluding carboxylic acids is 1. The minimum Gasteiger partial charge on any atom is -0.491 e. The van der Waals surface area contributed by atoms with Crippen LogP contribution < -0.4 is 15.0 Å². The van der Waals surface area contributed by atoms with Gasteiger partial charge in [-0.15, -0.1) is 0 Å². The van der Waals surface area contributed by atoms with Crippen molar-refractivity contribution in [3.63, 3.8) is 0 Å². The van der Waals surface area contributed by atoms with Gasteiger partial charge in [-0.2, -0.15) is 0 Å². The highest BCUT2D eigenvalue weighted by Gasteiger charge is 2.21. The lowest BCUT2D eigenvalue weighted by Gasteiger charge is -2.36. The number of amides is 1. The number of aliphatic hydroxyl groups is 1. The smallest absolute Gasteiger partial charge is 0.228 e. The van der Waals surface area contributed by atoms with E-state index >= 15 is 0 Å². The van der Waals surface area contributed by atoms with Gasteiger partial charge in [0.2, 0.25) is 5.91 Å². The van der Waals surface area contributed by atoms with Crippen LogP contribution in [0.1, 0.15) is 5.56 Å². The number of rotatable bonds is 6. The fourth-order valence-corrected chi connectivity index (χ4v) is 3.81. The van der Waals surface area contributed by atoms with Crippen LogP contribution in [0.3, 0.4) is 0 Å². The van der Waals surface area contributed by atoms with E-state index in [4.69, 9.17) is 16.3 Å². The zero-order chi connectivity index (χ0) is 19.5. The van der Waals surface area contributed by atoms with Crippen LogP contribution in [0.5, 0.6) is 5.75 Å². The topological polar surface area (TPSA) is 65.0 Å². The van der Waals surface area contributed by atoms with Crippen LogP contribution in [0.4, 0.5) is 11.4 Å². The normalized spacial score (nSPS) is 17.9. The van der Waals surface area contributed by atoms with Gasteiger partial charge in [0, 0.05) is 49.1 Å². The highest BCUT2D eigenvalue weighted by atomic mass is 35.5. The third kappa shape index (κ3) is 4.58. The molecule has 2 aliphatic heterocycles. The summed E-state index contributed by atoms with van der Waals surface area (Å²) in [5, 5.41) is 13.9. The zero-order valence-electron chi connectivity index (χ0n) is 15.6. The molecule has 148 valence electrons. The van der Waals surface area contributed by atoms with Gasteiger partial charge in [-0.25, -0.2) is 0 Å². The number of anilines is 2. The fourth-order valence-electron chi connectivity index (χ4n) is 3.68. The minimum atomic E-state index is -0.560. The Morgan fingerprint density at radius 1 is 1.11 bits per heavy atom. The number of fused-ring (bicyclic) bond motifs is 1. The van der Waals surface area contributed by atoms with Crippen molar-refractivity contribution < 1.29 is 14.6 Å². The van der Waals surface area contributed by atoms with Crippen LogP contribution in [0, 0.1) is 0 Å². The number of nitrogens with zero attached hydrogens (tertiary/aromatic N) is 2. The number of hydrogen-bond donors (Lipinski definition) is 2. The molecule has 2 aromatic rings. The van der Waals surface area contributed by atoms with E-state index in [9.17, 15) is 9.90 Å². The lowest BCUT2D eigenvalue weighted by atomic mass is 10.1. The van der Waals surface area contributed by atoms with Gasteiger partial charge in [0.15, 0.2) is 0 Å². The standard InChI is InChI=1S/C21H24ClN3O3/c22-16-1-3-17(4-2-16)25-9-7-24(8-10-25)13-18(26)14-28-19-5-6-20-15(11-19)12-21(27)23-20/h1-6,11,18,26H,7-10,12-14H2,(H,23,27)/t18-/m1/s1. The molecule has 0 unspecified atom stereocenters. The molecule has 2 aliphatic rings. The number of ether oxygens (including phenoxy) is 1. The predicted octanol–water partition coefficient (Wildman–Crippen LogP) is 2.40. The number of β-amino-alcohol motifs (C(OH)–C–C–N with tert-alkyl or cyclic N) is 1. The van der Waals surface area contributed by atoms with E-state index in [1.54, 1.807) is 0 Å². The molecule has 1 fully saturated rings. The van der Waals surface area contributed by atoms with Gasteiger partial charge in [-0.1, -0.05) is 11.6 Å². The molecular weight excluding hydrogens is 378 g/mol. The van der Waals surface area contributed by atoms with Crippen LogP contribution in [-0.4, -0.2) is 61.3 Å². The van der Waals surface area contributed by atoms with Crippen molar-refractivity contribution >= 4 is 28.9 Å². The molecule has 2 aromatic carbocycles. The number of aliphatic hydroxyl groups excluding tert-OH is 1. The molecule has 1 atom stereocenters. The van der Waals surface area contributed by atoms with Crippen molar-refractivity contribution in [2.75, 3.05) is 49.5 Å². The van der Waals surface area contributed by atoms with Crippen molar-refractivity contribution in [3.8, 4) is 5.75 Å². The first-order valence-corrected chi connectivity index (χ1v) is 9.91. The Morgan fingerprint density at radius 3 is 2.61 bits per heavy atom. The second-order valence-corrected chi connectivity index (χ2v) is 7.71. The first kappa shape index (κ1) is 19.1. The fraction of sp³-hybridized carbons (Fsp3) is 0.381. The summed E-state index contributed by atoms with van der Waals surface area (Å²) in [7, 11) is 0. The summed E-state index contributed by atoms with van der Waals surface area (Å²) in [6.45, 7) is 4.44. The third-order valence-electron chi connectivity index (χ3n) is 5.18. The Labute approximate surface area is 169 Å². The lowest BCUT2D eigenvalue weighted by molar-refractivity contribution is -0.115. The average molecular weight is 402 g/mol. The number of piperazine rings is 1. The maximum atomic E-state index is 11.4. The van der Waals surface area contributed by atoms with Crippen molar-refractivity contribution in [2.45, 2.75) is 12.5 Å². The summed E-state index contributed by atoms with van der Waals surface area (Å²) in [4.78, 5) is 16.0. The maximum Gasteiger partial charge on any atom is 0.228 e. The third-order valence-corrected chi connectivity index (χ3v) is 5.43. The summed E-state index contributed by atoms with van der Waals surface area (Å²) in [6.07, 6.45) is -0.178. The number of benzene rings is 2. The van der Waals surface area contributed by atoms with Crippen LogP contribution in [0.15, 0.2) is 42.5 Å². The minimum absolute atomic E-state index is 0.00456. The average Bonchev–Trinajstić information content (AvgIpc) is 3.07. The Kier molecular flexibility index (Phi) is 5.71. The summed E-state index contributed by atoms with van der Waals surface area (Å²) < 4.78 is 5.73. The van der Waals surface area contributed by atoms with Crippen LogP contribution in [0.25, 0.3) is 0 Å². The summed E-state index contributed by atoms with van der Waals surface area (Å²) in [6, 6.07) is 13.4. The largest absolute Gasteiger partial charge is 0.491 e. The predicted molar refractivity (Wildman–Crippen MR) is 110 cm³/mol. The quantitative estimate of drug-likeness (QED) is 0.778. The number of nitrogens with one attached hydrogen (secondary N) is 1. The first-order chi connectivity index (χ1) is 13.6. The molecule has 6 nitrogen and oxygen atoms in total. The molecule has 7 heteroatoms. The molecule has 2 N–H and O–H groups in total. The van der Waals surface area contributed by atoms with Gasteiger partial charge in [0.25, 0.3) is 0 Å². The number of hydrogen-bond acceptors (Lipinski definition) is 5. The molecule has 2 heterocycles. The Bertz CT molecular complexity index is 835. The summed E-state index contributed by atoms with van der Waals surface area (Å²) in [5.74, 6) is 0.687. The second-order valence-electron chi connectivity index (χ2n) is 7.27. The van der Waals surface area contributed by atoms with Crippen LogP contribution in [-0.2, 0) is 11.2 Å². The van der Waals surface area contributed by atoms with Crippen molar-refractivity contribution in [1.82, 2.24) is 4.90 Å². The van der Waals surface area contributed by atoms with Crippen LogP contribution in [0.2, 0.25) is 5.02 Å². The molecule has 0 aromatic heterocycles. The van der Waals surface area contributed by atoms with Gasteiger partial charge in [-0.3, -0.25) is 9.69 Å². The van der Waals surface area contributed by atoms with Crippen molar-refractivity contribution in [3.05, 3.63) is 53.1 Å². The highest BCUT2D eigenvalue weighted by Crippen LogP contribution is 2.27. The molecular formula is C21H24ClN3O3. The van der Waals surface area contributed by atoms with Gasteiger partial charge < -0.3 is 20.1 Å². The van der Waals surface area contributed by atoms with Crippen molar-refractivity contribution in [1.29, 1.82) is 0 Å². The van der Waals surface area contributed by atoms with E-state index in [-0.39, 0.29) is 12.5 Å². The van der Waals surface area contributed by atoms with Gasteiger partial charge in [0.05, 0.1) is 6.42 Å². The van der Waals surface area contributed by atoms with Gasteiger partial charge in [-0.05, 0) is 48.0 Å². The molecule has 28 heavy (non-hydrogen) atoms. The molecule has 0 aliphatic carbocycles. The Balaban J connectivity index is 1.22. The Hall–Kier alpha value is -2.28. The van der Waals surface area contributed by atoms with Gasteiger partial charge >= 0.3 is 0 Å². The first-order valence-electron chi connectivity index (χ1n) is 9.53. The molecule has 0 bridgehead atoms. The summed E-state index contributed by atoms with van der Waals surface area (Å²) >= 11 is 5.95. The Morgan fingerprint density at radius 2 is 1.86 bits per heavy atom. The van der Waals surface area contributed by atoms with E-state index in [1.807, 2.05) is 42.5 Å². The molecule has 1 saturated heterocycles. The zero-order valence-corrected chi connectivity index (χ0v) is 16.4. The van der Waals surface area contributed by atoms with E-state index in [1.165, 1.54) is 5.69 Å². The second kappa shape index (κ2) is 8.39.